The van der Waals surface area contributed by atoms with Crippen molar-refractivity contribution in [3.05, 3.63) is 0 Å². The van der Waals surface area contributed by atoms with Crippen LogP contribution >= 0.6 is 0 Å². The summed E-state index contributed by atoms with van der Waals surface area (Å²) in [6.07, 6.45) is -2.58. The fourth-order valence-corrected chi connectivity index (χ4v) is 1.78. The predicted molar refractivity (Wildman–Crippen MR) is 47.4 cm³/mol. The number of hydrogen-bond donors (Lipinski definition) is 2. The van der Waals surface area contributed by atoms with E-state index in [0.717, 1.165) is 12.8 Å². The van der Waals surface area contributed by atoms with Gasteiger partial charge in [0.2, 0.25) is 0 Å². The van der Waals surface area contributed by atoms with Crippen LogP contribution in [-0.4, -0.2) is 29.8 Å². The summed E-state index contributed by atoms with van der Waals surface area (Å²) in [6.45, 7) is 0.675. The van der Waals surface area contributed by atoms with E-state index in [0.29, 0.717) is 13.0 Å². The minimum absolute atomic E-state index is 0.318. The van der Waals surface area contributed by atoms with Gasteiger partial charge >= 0.3 is 12.1 Å². The molecular formula is C9H14F3NO2. The standard InChI is InChI=1S/C9H14F3NO2/c10-9(11,12)7(8(14)15)5-6-3-1-2-4-13-6/h6-7,13H,1-5H2,(H,14,15)/t6-,7-/m0/s1. The van der Waals surface area contributed by atoms with E-state index in [4.69, 9.17) is 5.11 Å². The first-order valence-corrected chi connectivity index (χ1v) is 4.94. The monoisotopic (exact) mass is 225 g/mol. The van der Waals surface area contributed by atoms with Crippen molar-refractivity contribution in [3.8, 4) is 0 Å². The molecule has 0 aromatic carbocycles. The fraction of sp³-hybridized carbons (Fsp3) is 0.889. The second-order valence-corrected chi connectivity index (χ2v) is 3.81. The largest absolute Gasteiger partial charge is 0.481 e. The molecule has 1 aliphatic heterocycles. The zero-order valence-corrected chi connectivity index (χ0v) is 8.18. The number of halogens is 3. The van der Waals surface area contributed by atoms with E-state index in [-0.39, 0.29) is 12.5 Å². The molecule has 0 aromatic heterocycles. The van der Waals surface area contributed by atoms with E-state index >= 15 is 0 Å². The second kappa shape index (κ2) is 4.83. The normalized spacial score (nSPS) is 24.9. The highest BCUT2D eigenvalue weighted by atomic mass is 19.4. The van der Waals surface area contributed by atoms with Gasteiger partial charge in [-0.3, -0.25) is 4.79 Å². The lowest BCUT2D eigenvalue weighted by atomic mass is 9.93. The first kappa shape index (κ1) is 12.3. The number of aliphatic carboxylic acids is 1. The molecule has 0 aromatic rings. The van der Waals surface area contributed by atoms with Gasteiger partial charge in [-0.2, -0.15) is 13.2 Å². The predicted octanol–water partition coefficient (Wildman–Crippen LogP) is 1.78. The van der Waals surface area contributed by atoms with Crippen LogP contribution in [0.4, 0.5) is 13.2 Å². The minimum Gasteiger partial charge on any atom is -0.481 e. The molecule has 88 valence electrons. The molecule has 2 N–H and O–H groups in total. The van der Waals surface area contributed by atoms with Crippen molar-refractivity contribution < 1.29 is 23.1 Å². The summed E-state index contributed by atoms with van der Waals surface area (Å²) < 4.78 is 37.0. The van der Waals surface area contributed by atoms with Gasteiger partial charge in [0.05, 0.1) is 0 Å². The van der Waals surface area contributed by atoms with E-state index < -0.39 is 18.1 Å². The van der Waals surface area contributed by atoms with Crippen LogP contribution in [0.2, 0.25) is 0 Å². The second-order valence-electron chi connectivity index (χ2n) is 3.81. The Bertz CT molecular complexity index is 224. The summed E-state index contributed by atoms with van der Waals surface area (Å²) in [7, 11) is 0. The molecule has 0 bridgehead atoms. The Morgan fingerprint density at radius 3 is 2.53 bits per heavy atom. The smallest absolute Gasteiger partial charge is 0.402 e. The van der Waals surface area contributed by atoms with E-state index in [1.54, 1.807) is 0 Å². The van der Waals surface area contributed by atoms with Crippen molar-refractivity contribution in [3.63, 3.8) is 0 Å². The zero-order chi connectivity index (χ0) is 11.5. The highest BCUT2D eigenvalue weighted by molar-refractivity contribution is 5.71. The lowest BCUT2D eigenvalue weighted by Crippen LogP contribution is -2.41. The number of rotatable bonds is 3. The van der Waals surface area contributed by atoms with Crippen LogP contribution in [0.5, 0.6) is 0 Å². The van der Waals surface area contributed by atoms with Crippen LogP contribution < -0.4 is 5.32 Å². The molecule has 1 heterocycles. The van der Waals surface area contributed by atoms with Crippen LogP contribution in [0, 0.1) is 5.92 Å². The number of carboxylic acids is 1. The number of hydrogen-bond acceptors (Lipinski definition) is 2. The average Bonchev–Trinajstić information content (AvgIpc) is 2.13. The van der Waals surface area contributed by atoms with Gasteiger partial charge in [-0.25, -0.2) is 0 Å². The Morgan fingerprint density at radius 1 is 1.47 bits per heavy atom. The third-order valence-corrected chi connectivity index (χ3v) is 2.63. The van der Waals surface area contributed by atoms with E-state index in [9.17, 15) is 18.0 Å². The first-order chi connectivity index (χ1) is 6.91. The SMILES string of the molecule is O=C(O)[C@H](C[C@@H]1CCCCN1)C(F)(F)F. The van der Waals surface area contributed by atoms with Crippen LogP contribution in [-0.2, 0) is 4.79 Å². The van der Waals surface area contributed by atoms with Crippen LogP contribution in [0.15, 0.2) is 0 Å². The summed E-state index contributed by atoms with van der Waals surface area (Å²) >= 11 is 0. The van der Waals surface area contributed by atoms with Crippen molar-refractivity contribution in [2.75, 3.05) is 6.54 Å². The summed E-state index contributed by atoms with van der Waals surface area (Å²) in [6, 6.07) is -0.318. The number of nitrogens with one attached hydrogen (secondary N) is 1. The van der Waals surface area contributed by atoms with Gasteiger partial charge in [-0.15, -0.1) is 0 Å². The van der Waals surface area contributed by atoms with Crippen molar-refractivity contribution in [2.45, 2.75) is 37.9 Å². The number of carbonyl (C=O) groups is 1. The van der Waals surface area contributed by atoms with E-state index in [1.807, 2.05) is 0 Å². The summed E-state index contributed by atoms with van der Waals surface area (Å²) in [5.41, 5.74) is 0. The van der Waals surface area contributed by atoms with Gasteiger partial charge in [0, 0.05) is 6.04 Å². The maximum Gasteiger partial charge on any atom is 0.402 e. The molecule has 0 saturated carbocycles. The molecule has 1 saturated heterocycles. The molecule has 15 heavy (non-hydrogen) atoms. The molecule has 0 radical (unpaired) electrons. The molecule has 0 unspecified atom stereocenters. The van der Waals surface area contributed by atoms with Crippen molar-refractivity contribution in [1.29, 1.82) is 0 Å². The average molecular weight is 225 g/mol. The number of alkyl halides is 3. The highest BCUT2D eigenvalue weighted by Crippen LogP contribution is 2.31. The lowest BCUT2D eigenvalue weighted by molar-refractivity contribution is -0.196. The maximum absolute atomic E-state index is 12.3. The molecule has 1 fully saturated rings. The Kier molecular flexibility index (Phi) is 3.96. The molecule has 0 aliphatic carbocycles. The quantitative estimate of drug-likeness (QED) is 0.769. The Hall–Kier alpha value is -0.780. The van der Waals surface area contributed by atoms with Gasteiger partial charge < -0.3 is 10.4 Å². The topological polar surface area (TPSA) is 49.3 Å². The summed E-state index contributed by atoms with van der Waals surface area (Å²) in [5.74, 6) is -4.03. The molecule has 6 heteroatoms. The molecule has 1 aliphatic rings. The van der Waals surface area contributed by atoms with Gasteiger partial charge in [0.15, 0.2) is 5.92 Å². The first-order valence-electron chi connectivity index (χ1n) is 4.94. The number of piperidine rings is 1. The number of carboxylic acid groups (broad SMARTS) is 1. The Balaban J connectivity index is 2.54. The molecule has 2 atom stereocenters. The van der Waals surface area contributed by atoms with E-state index in [1.165, 1.54) is 0 Å². The maximum atomic E-state index is 12.3. The molecule has 0 spiro atoms. The summed E-state index contributed by atoms with van der Waals surface area (Å²) in [4.78, 5) is 10.5. The van der Waals surface area contributed by atoms with Gasteiger partial charge in [-0.05, 0) is 25.8 Å². The third kappa shape index (κ3) is 3.70. The zero-order valence-electron chi connectivity index (χ0n) is 8.18. The van der Waals surface area contributed by atoms with Crippen molar-refractivity contribution in [2.24, 2.45) is 5.92 Å². The molecule has 1 rings (SSSR count). The lowest BCUT2D eigenvalue weighted by Gasteiger charge is -2.26. The molecular weight excluding hydrogens is 211 g/mol. The van der Waals surface area contributed by atoms with E-state index in [2.05, 4.69) is 5.32 Å². The molecule has 0 amide bonds. The third-order valence-electron chi connectivity index (χ3n) is 2.63. The van der Waals surface area contributed by atoms with Crippen molar-refractivity contribution in [1.82, 2.24) is 5.32 Å². The van der Waals surface area contributed by atoms with Crippen LogP contribution in [0.1, 0.15) is 25.7 Å². The highest BCUT2D eigenvalue weighted by Gasteiger charge is 2.46. The van der Waals surface area contributed by atoms with Crippen LogP contribution in [0.25, 0.3) is 0 Å². The summed E-state index contributed by atoms with van der Waals surface area (Å²) in [5, 5.41) is 11.4. The van der Waals surface area contributed by atoms with Crippen LogP contribution in [0.3, 0.4) is 0 Å². The van der Waals surface area contributed by atoms with Crippen molar-refractivity contribution >= 4 is 5.97 Å². The van der Waals surface area contributed by atoms with Gasteiger partial charge in [0.25, 0.3) is 0 Å². The molecule has 3 nitrogen and oxygen atoms in total. The van der Waals surface area contributed by atoms with Gasteiger partial charge in [0.1, 0.15) is 0 Å². The fourth-order valence-electron chi connectivity index (χ4n) is 1.78. The minimum atomic E-state index is -4.65. The van der Waals surface area contributed by atoms with Gasteiger partial charge in [-0.1, -0.05) is 6.42 Å². The Morgan fingerprint density at radius 2 is 2.13 bits per heavy atom. The Labute approximate surface area is 85.7 Å².